The normalized spacial score (nSPS) is 15.2. The fourth-order valence-electron chi connectivity index (χ4n) is 2.78. The molecule has 0 saturated heterocycles. The number of guanidine groups is 1. The first-order valence-electron chi connectivity index (χ1n) is 8.58. The lowest BCUT2D eigenvalue weighted by molar-refractivity contribution is 0.568. The predicted molar refractivity (Wildman–Crippen MR) is 118 cm³/mol. The molecule has 1 aromatic rings. The Balaban J connectivity index is 0.00000338. The van der Waals surface area contributed by atoms with E-state index in [0.29, 0.717) is 12.6 Å². The van der Waals surface area contributed by atoms with Crippen molar-refractivity contribution < 1.29 is 8.42 Å². The van der Waals surface area contributed by atoms with Crippen LogP contribution in [0.2, 0.25) is 0 Å². The minimum absolute atomic E-state index is 0. The summed E-state index contributed by atoms with van der Waals surface area (Å²) in [6.45, 7) is 4.16. The van der Waals surface area contributed by atoms with Crippen molar-refractivity contribution in [3.63, 3.8) is 0 Å². The number of halogens is 1. The highest BCUT2D eigenvalue weighted by molar-refractivity contribution is 14.0. The average Bonchev–Trinajstić information content (AvgIpc) is 3.04. The van der Waals surface area contributed by atoms with E-state index in [1.165, 1.54) is 0 Å². The Morgan fingerprint density at radius 1 is 1.19 bits per heavy atom. The molecule has 0 saturated carbocycles. The monoisotopic (exact) mass is 492 g/mol. The van der Waals surface area contributed by atoms with Gasteiger partial charge in [-0.3, -0.25) is 4.99 Å². The van der Waals surface area contributed by atoms with E-state index in [0.717, 1.165) is 29.9 Å². The second-order valence-corrected chi connectivity index (χ2v) is 8.26. The molecule has 3 N–H and O–H groups in total. The Labute approximate surface area is 174 Å². The van der Waals surface area contributed by atoms with Crippen LogP contribution < -0.4 is 15.4 Å². The smallest absolute Gasteiger partial charge is 0.216 e. The number of aliphatic imine (C=N–C) groups is 1. The van der Waals surface area contributed by atoms with Crippen molar-refractivity contribution in [2.75, 3.05) is 7.05 Å². The van der Waals surface area contributed by atoms with Crippen molar-refractivity contribution in [3.8, 4) is 0 Å². The van der Waals surface area contributed by atoms with Gasteiger partial charge in [0.25, 0.3) is 0 Å². The lowest BCUT2D eigenvalue weighted by atomic mass is 10.1. The number of hydrogen-bond acceptors (Lipinski definition) is 3. The third kappa shape index (κ3) is 7.63. The first kappa shape index (κ1) is 22.9. The number of hydrogen-bond donors (Lipinski definition) is 3. The molecule has 1 aliphatic rings. The fourth-order valence-corrected chi connectivity index (χ4v) is 4.27. The van der Waals surface area contributed by atoms with Gasteiger partial charge >= 0.3 is 0 Å². The van der Waals surface area contributed by atoms with Crippen molar-refractivity contribution >= 4 is 40.0 Å². The maximum Gasteiger partial charge on any atom is 0.216 e. The van der Waals surface area contributed by atoms with Crippen LogP contribution >= 0.6 is 24.0 Å². The highest BCUT2D eigenvalue weighted by Crippen LogP contribution is 2.13. The van der Waals surface area contributed by atoms with Crippen LogP contribution in [0.1, 0.15) is 37.8 Å². The van der Waals surface area contributed by atoms with Crippen molar-refractivity contribution in [1.82, 2.24) is 15.4 Å². The molecule has 0 amide bonds. The van der Waals surface area contributed by atoms with Gasteiger partial charge in [-0.2, -0.15) is 0 Å². The third-order valence-corrected chi connectivity index (χ3v) is 5.42. The number of benzene rings is 1. The van der Waals surface area contributed by atoms with E-state index in [4.69, 9.17) is 0 Å². The summed E-state index contributed by atoms with van der Waals surface area (Å²) in [7, 11) is -1.61. The van der Waals surface area contributed by atoms with Gasteiger partial charge in [-0.1, -0.05) is 36.4 Å². The van der Waals surface area contributed by atoms with Crippen LogP contribution in [-0.4, -0.2) is 33.5 Å². The number of nitrogens with zero attached hydrogens (tertiary/aromatic N) is 1. The van der Waals surface area contributed by atoms with Crippen molar-refractivity contribution in [2.45, 2.75) is 51.1 Å². The molecule has 0 spiro atoms. The summed E-state index contributed by atoms with van der Waals surface area (Å²) < 4.78 is 27.1. The van der Waals surface area contributed by atoms with Crippen molar-refractivity contribution in [1.29, 1.82) is 0 Å². The highest BCUT2D eigenvalue weighted by atomic mass is 127. The van der Waals surface area contributed by atoms with Gasteiger partial charge < -0.3 is 10.6 Å². The first-order valence-corrected chi connectivity index (χ1v) is 10.2. The summed E-state index contributed by atoms with van der Waals surface area (Å²) in [6, 6.07) is 7.84. The molecule has 0 fully saturated rings. The van der Waals surface area contributed by atoms with Gasteiger partial charge in [0.05, 0.1) is 5.75 Å². The van der Waals surface area contributed by atoms with Gasteiger partial charge in [-0.15, -0.1) is 24.0 Å². The average molecular weight is 492 g/mol. The lowest BCUT2D eigenvalue weighted by Gasteiger charge is -2.18. The maximum absolute atomic E-state index is 12.2. The summed E-state index contributed by atoms with van der Waals surface area (Å²) in [5, 5.41) is 6.65. The molecule has 0 aliphatic heterocycles. The molecule has 8 heteroatoms. The third-order valence-electron chi connectivity index (χ3n) is 3.90. The molecule has 1 aromatic carbocycles. The van der Waals surface area contributed by atoms with E-state index in [2.05, 4.69) is 32.5 Å². The molecular weight excluding hydrogens is 463 g/mol. The zero-order valence-electron chi connectivity index (χ0n) is 15.5. The molecule has 0 unspecified atom stereocenters. The standard InChI is InChI=1S/C18H28N4O2S.HI/c1-14(2)22-25(23,24)13-16-9-5-4-8-15(16)12-20-18(19-3)21-17-10-6-7-11-17;/h4-9,14,17,22H,10-13H2,1-3H3,(H2,19,20,21);1H. The number of rotatable bonds is 7. The van der Waals surface area contributed by atoms with Gasteiger partial charge in [0, 0.05) is 25.7 Å². The Bertz CT molecular complexity index is 724. The second-order valence-electron chi connectivity index (χ2n) is 6.51. The summed E-state index contributed by atoms with van der Waals surface area (Å²) in [5.41, 5.74) is 1.74. The molecule has 2 rings (SSSR count). The van der Waals surface area contributed by atoms with E-state index < -0.39 is 10.0 Å². The van der Waals surface area contributed by atoms with E-state index >= 15 is 0 Å². The zero-order chi connectivity index (χ0) is 18.3. The minimum atomic E-state index is -3.35. The van der Waals surface area contributed by atoms with Crippen LogP contribution in [0.4, 0.5) is 0 Å². The molecule has 0 atom stereocenters. The predicted octanol–water partition coefficient (Wildman–Crippen LogP) is 2.52. The quantitative estimate of drug-likeness (QED) is 0.237. The van der Waals surface area contributed by atoms with Crippen LogP contribution in [0.15, 0.2) is 41.4 Å². The Hall–Kier alpha value is -1.13. The summed E-state index contributed by atoms with van der Waals surface area (Å²) in [6.07, 6.45) is 6.31. The fraction of sp³-hybridized carbons (Fsp3) is 0.500. The molecule has 0 bridgehead atoms. The van der Waals surface area contributed by atoms with Gasteiger partial charge in [-0.25, -0.2) is 13.1 Å². The van der Waals surface area contributed by atoms with Crippen LogP contribution in [0.25, 0.3) is 0 Å². The van der Waals surface area contributed by atoms with Gasteiger partial charge in [0.1, 0.15) is 0 Å². The van der Waals surface area contributed by atoms with Gasteiger partial charge in [-0.05, 0) is 37.8 Å². The zero-order valence-corrected chi connectivity index (χ0v) is 18.7. The van der Waals surface area contributed by atoms with Crippen LogP contribution in [-0.2, 0) is 22.3 Å². The molecule has 26 heavy (non-hydrogen) atoms. The molecule has 0 heterocycles. The largest absolute Gasteiger partial charge is 0.353 e. The molecule has 146 valence electrons. The van der Waals surface area contributed by atoms with E-state index in [9.17, 15) is 8.42 Å². The molecule has 1 aliphatic carbocycles. The Kier molecular flexibility index (Phi) is 9.59. The highest BCUT2D eigenvalue weighted by Gasteiger charge is 2.16. The lowest BCUT2D eigenvalue weighted by Crippen LogP contribution is -2.42. The number of sulfonamides is 1. The Morgan fingerprint density at radius 2 is 1.81 bits per heavy atom. The summed E-state index contributed by atoms with van der Waals surface area (Å²) in [4.78, 5) is 4.25. The van der Waals surface area contributed by atoms with E-state index in [-0.39, 0.29) is 35.8 Å². The maximum atomic E-state index is 12.2. The SMILES string of the molecule is CN=C(NCc1ccccc1CS(=O)(=O)NC(C)C)NC1CC=CC1.I. The number of nitrogens with one attached hydrogen (secondary N) is 3. The molecule has 6 nitrogen and oxygen atoms in total. The Morgan fingerprint density at radius 3 is 2.38 bits per heavy atom. The molecule has 0 aromatic heterocycles. The topological polar surface area (TPSA) is 82.6 Å². The molecular formula is C18H29IN4O2S. The van der Waals surface area contributed by atoms with Gasteiger partial charge in [0.15, 0.2) is 5.96 Å². The van der Waals surface area contributed by atoms with Crippen molar-refractivity contribution in [3.05, 3.63) is 47.5 Å². The first-order chi connectivity index (χ1) is 11.9. The van der Waals surface area contributed by atoms with E-state index in [1.54, 1.807) is 7.05 Å². The van der Waals surface area contributed by atoms with E-state index in [1.807, 2.05) is 38.1 Å². The molecule has 0 radical (unpaired) electrons. The second kappa shape index (κ2) is 10.9. The summed E-state index contributed by atoms with van der Waals surface area (Å²) >= 11 is 0. The van der Waals surface area contributed by atoms with Crippen LogP contribution in [0.3, 0.4) is 0 Å². The van der Waals surface area contributed by atoms with Crippen molar-refractivity contribution in [2.24, 2.45) is 4.99 Å². The van der Waals surface area contributed by atoms with Crippen LogP contribution in [0, 0.1) is 0 Å². The van der Waals surface area contributed by atoms with Crippen LogP contribution in [0.5, 0.6) is 0 Å². The van der Waals surface area contributed by atoms with Gasteiger partial charge in [0.2, 0.25) is 10.0 Å². The minimum Gasteiger partial charge on any atom is -0.353 e. The summed E-state index contributed by atoms with van der Waals surface area (Å²) in [5.74, 6) is 0.702.